The highest BCUT2D eigenvalue weighted by Gasteiger charge is 2.23. The van der Waals surface area contributed by atoms with E-state index in [0.717, 1.165) is 69.5 Å². The zero-order valence-electron chi connectivity index (χ0n) is 32.6. The van der Waals surface area contributed by atoms with E-state index >= 15 is 0 Å². The predicted octanol–water partition coefficient (Wildman–Crippen LogP) is 10.3. The molecule has 0 radical (unpaired) electrons. The Morgan fingerprint density at radius 1 is 0.481 bits per heavy atom. The molecule has 0 bridgehead atoms. The Labute approximate surface area is 319 Å². The Bertz CT molecular complexity index is 1870. The van der Waals surface area contributed by atoms with Gasteiger partial charge in [-0.2, -0.15) is 0 Å². The second kappa shape index (κ2) is 19.7. The molecule has 5 rings (SSSR count). The number of hydrogen-bond acceptors (Lipinski definition) is 8. The normalized spacial score (nSPS) is 12.3. The van der Waals surface area contributed by atoms with Gasteiger partial charge in [0.25, 0.3) is 0 Å². The van der Waals surface area contributed by atoms with Gasteiger partial charge in [-0.25, -0.2) is 0 Å². The molecule has 0 fully saturated rings. The van der Waals surface area contributed by atoms with Crippen LogP contribution in [-0.2, 0) is 19.1 Å². The quantitative estimate of drug-likeness (QED) is 0.0577. The molecule has 8 nitrogen and oxygen atoms in total. The minimum Gasteiger partial charge on any atom is -0.490 e. The first-order chi connectivity index (χ1) is 26.1. The van der Waals surface area contributed by atoms with Gasteiger partial charge in [0.05, 0.1) is 0 Å². The summed E-state index contributed by atoms with van der Waals surface area (Å²) in [4.78, 5) is 25.7. The molecular weight excluding hydrogens is 680 g/mol. The lowest BCUT2D eigenvalue weighted by molar-refractivity contribution is -0.153. The van der Waals surface area contributed by atoms with Crippen LogP contribution in [0.2, 0.25) is 0 Å². The number of unbranched alkanes of at least 4 members (excludes halogenated alkanes) is 2. The van der Waals surface area contributed by atoms with Crippen molar-refractivity contribution in [2.75, 3.05) is 26.4 Å². The minimum absolute atomic E-state index is 0.0853. The Morgan fingerprint density at radius 2 is 0.870 bits per heavy atom. The number of hydrogen-bond donors (Lipinski definition) is 0. The summed E-state index contributed by atoms with van der Waals surface area (Å²) in [6.07, 6.45) is 2.64. The smallest absolute Gasteiger partial charge is 0.306 e. The lowest BCUT2D eigenvalue weighted by Crippen LogP contribution is -2.31. The van der Waals surface area contributed by atoms with Gasteiger partial charge in [-0.05, 0) is 88.1 Å². The zero-order chi connectivity index (χ0) is 38.5. The van der Waals surface area contributed by atoms with Gasteiger partial charge in [0.2, 0.25) is 0 Å². The number of carbonyl (C=O) groups excluding carboxylic acids is 2. The summed E-state index contributed by atoms with van der Waals surface area (Å²) in [7, 11) is 0. The molecule has 0 aromatic heterocycles. The van der Waals surface area contributed by atoms with Crippen LogP contribution in [0.25, 0.3) is 21.5 Å². The van der Waals surface area contributed by atoms with E-state index in [1.807, 2.05) is 114 Å². The molecule has 5 aromatic rings. The largest absolute Gasteiger partial charge is 0.490 e. The molecule has 0 amide bonds. The van der Waals surface area contributed by atoms with Crippen LogP contribution in [0.4, 0.5) is 0 Å². The van der Waals surface area contributed by atoms with E-state index in [9.17, 15) is 9.59 Å². The van der Waals surface area contributed by atoms with Gasteiger partial charge in [0, 0.05) is 34.4 Å². The first-order valence-electron chi connectivity index (χ1n) is 19.1. The molecule has 0 N–H and O–H groups in total. The minimum atomic E-state index is -0.650. The molecule has 2 unspecified atom stereocenters. The predicted molar refractivity (Wildman–Crippen MR) is 214 cm³/mol. The first-order valence-corrected chi connectivity index (χ1v) is 19.1. The number of aryl methyl sites for hydroxylation is 4. The molecule has 5 aromatic carbocycles. The van der Waals surface area contributed by atoms with Crippen LogP contribution in [0.5, 0.6) is 23.0 Å². The number of ether oxygens (including phenoxy) is 6. The third kappa shape index (κ3) is 11.4. The molecular formula is C46H54O8. The van der Waals surface area contributed by atoms with Crippen molar-refractivity contribution in [3.8, 4) is 23.0 Å². The lowest BCUT2D eigenvalue weighted by atomic mass is 9.97. The fraction of sp³-hybridized carbons (Fsp3) is 0.391. The third-order valence-electron chi connectivity index (χ3n) is 9.07. The second-order valence-corrected chi connectivity index (χ2v) is 14.1. The lowest BCUT2D eigenvalue weighted by Gasteiger charge is -2.23. The van der Waals surface area contributed by atoms with E-state index < -0.39 is 12.2 Å². The molecule has 0 saturated carbocycles. The molecule has 0 aliphatic rings. The summed E-state index contributed by atoms with van der Waals surface area (Å²) in [5.74, 6) is 2.16. The standard InChI is InChI=1S/C46H54O8/c1-7-9-17-43(47)53-37(27-49-35-15-11-13-31(3)23-35)29-51-45-39-21-19-34(6)26-42(39)46(40-22-20-33(5)25-41(40)45)52-30-38(54-44(48)18-10-8-2)28-50-36-16-12-14-32(4)24-36/h11-16,19-26,37-38H,7-10,17-18,27-30H2,1-6H3. The highest BCUT2D eigenvalue weighted by Crippen LogP contribution is 2.44. The van der Waals surface area contributed by atoms with Crippen LogP contribution in [0.15, 0.2) is 84.9 Å². The summed E-state index contributed by atoms with van der Waals surface area (Å²) in [6.45, 7) is 12.6. The number of carbonyl (C=O) groups is 2. The average molecular weight is 735 g/mol. The van der Waals surface area contributed by atoms with Gasteiger partial charge in [-0.1, -0.05) is 86.3 Å². The summed E-state index contributed by atoms with van der Waals surface area (Å²) in [5, 5.41) is 3.39. The van der Waals surface area contributed by atoms with Crippen molar-refractivity contribution in [2.24, 2.45) is 0 Å². The van der Waals surface area contributed by atoms with E-state index in [1.165, 1.54) is 0 Å². The molecule has 8 heteroatoms. The summed E-state index contributed by atoms with van der Waals surface area (Å²) >= 11 is 0. The molecule has 286 valence electrons. The van der Waals surface area contributed by atoms with Crippen LogP contribution in [0.3, 0.4) is 0 Å². The summed E-state index contributed by atoms with van der Waals surface area (Å²) < 4.78 is 37.4. The van der Waals surface area contributed by atoms with E-state index in [0.29, 0.717) is 35.8 Å². The SMILES string of the molecule is CCCCC(=O)OC(COc1cccc(C)c1)COc1c2ccc(C)cc2c(OCC(COc2cccc(C)c2)OC(=O)CCCC)c2ccc(C)cc12. The van der Waals surface area contributed by atoms with Crippen LogP contribution < -0.4 is 18.9 Å². The Kier molecular flexibility index (Phi) is 14.6. The van der Waals surface area contributed by atoms with Crippen molar-refractivity contribution in [1.82, 2.24) is 0 Å². The highest BCUT2D eigenvalue weighted by molar-refractivity contribution is 6.11. The van der Waals surface area contributed by atoms with Crippen molar-refractivity contribution in [3.63, 3.8) is 0 Å². The van der Waals surface area contributed by atoms with E-state index in [2.05, 4.69) is 12.1 Å². The van der Waals surface area contributed by atoms with Crippen LogP contribution >= 0.6 is 0 Å². The Hall–Kier alpha value is -5.24. The molecule has 0 saturated heterocycles. The topological polar surface area (TPSA) is 89.5 Å². The van der Waals surface area contributed by atoms with E-state index in [-0.39, 0.29) is 38.4 Å². The highest BCUT2D eigenvalue weighted by atomic mass is 16.6. The first kappa shape index (κ1) is 40.0. The van der Waals surface area contributed by atoms with Crippen LogP contribution in [0.1, 0.15) is 74.6 Å². The molecule has 0 spiro atoms. The maximum absolute atomic E-state index is 12.8. The molecule has 54 heavy (non-hydrogen) atoms. The van der Waals surface area contributed by atoms with Crippen molar-refractivity contribution in [1.29, 1.82) is 0 Å². The summed E-state index contributed by atoms with van der Waals surface area (Å²) in [5.41, 5.74) is 4.24. The number of rotatable bonds is 20. The molecule has 2 atom stereocenters. The van der Waals surface area contributed by atoms with Crippen LogP contribution in [-0.4, -0.2) is 50.6 Å². The second-order valence-electron chi connectivity index (χ2n) is 14.1. The zero-order valence-corrected chi connectivity index (χ0v) is 32.6. The van der Waals surface area contributed by atoms with Crippen molar-refractivity contribution >= 4 is 33.5 Å². The maximum Gasteiger partial charge on any atom is 0.306 e. The van der Waals surface area contributed by atoms with Gasteiger partial charge in [0.1, 0.15) is 49.4 Å². The van der Waals surface area contributed by atoms with Crippen molar-refractivity contribution in [3.05, 3.63) is 107 Å². The van der Waals surface area contributed by atoms with E-state index in [1.54, 1.807) is 0 Å². The fourth-order valence-corrected chi connectivity index (χ4v) is 6.19. The molecule has 0 heterocycles. The Balaban J connectivity index is 1.45. The van der Waals surface area contributed by atoms with Gasteiger partial charge in [0.15, 0.2) is 12.2 Å². The number of fused-ring (bicyclic) bond motifs is 2. The third-order valence-corrected chi connectivity index (χ3v) is 9.07. The Morgan fingerprint density at radius 3 is 1.26 bits per heavy atom. The molecule has 0 aliphatic carbocycles. The van der Waals surface area contributed by atoms with Gasteiger partial charge < -0.3 is 28.4 Å². The van der Waals surface area contributed by atoms with Gasteiger partial charge in [-0.3, -0.25) is 9.59 Å². The maximum atomic E-state index is 12.8. The van der Waals surface area contributed by atoms with Gasteiger partial charge >= 0.3 is 11.9 Å². The molecule has 0 aliphatic heterocycles. The van der Waals surface area contributed by atoms with Gasteiger partial charge in [-0.15, -0.1) is 0 Å². The van der Waals surface area contributed by atoms with Crippen molar-refractivity contribution < 1.29 is 38.0 Å². The van der Waals surface area contributed by atoms with Crippen LogP contribution in [0, 0.1) is 27.7 Å². The number of esters is 2. The monoisotopic (exact) mass is 734 g/mol. The number of benzene rings is 5. The van der Waals surface area contributed by atoms with E-state index in [4.69, 9.17) is 28.4 Å². The average Bonchev–Trinajstić information content (AvgIpc) is 3.15. The fourth-order valence-electron chi connectivity index (χ4n) is 6.19. The van der Waals surface area contributed by atoms with Crippen molar-refractivity contribution in [2.45, 2.75) is 92.3 Å². The summed E-state index contributed by atoms with van der Waals surface area (Å²) in [6, 6.07) is 27.9.